The summed E-state index contributed by atoms with van der Waals surface area (Å²) < 4.78 is 4.96. The van der Waals surface area contributed by atoms with E-state index in [1.807, 2.05) is 0 Å². The van der Waals surface area contributed by atoms with Crippen molar-refractivity contribution in [2.45, 2.75) is 38.8 Å². The summed E-state index contributed by atoms with van der Waals surface area (Å²) in [4.78, 5) is 64.3. The number of hydrogen-bond donors (Lipinski definition) is 0. The maximum absolute atomic E-state index is 13.3. The second-order valence-electron chi connectivity index (χ2n) is 6.61. The van der Waals surface area contributed by atoms with Crippen LogP contribution in [-0.2, 0) is 19.1 Å². The number of amides is 4. The molecular weight excluding hydrogens is 366 g/mol. The first-order valence-electron chi connectivity index (χ1n) is 9.02. The van der Waals surface area contributed by atoms with Gasteiger partial charge in [0.25, 0.3) is 17.7 Å². The van der Waals surface area contributed by atoms with Gasteiger partial charge in [-0.25, -0.2) is 9.80 Å². The molecule has 0 bridgehead atoms. The van der Waals surface area contributed by atoms with E-state index in [-0.39, 0.29) is 30.6 Å². The van der Waals surface area contributed by atoms with Gasteiger partial charge in [-0.15, -0.1) is 0 Å². The molecule has 0 saturated carbocycles. The molecule has 9 nitrogen and oxygen atoms in total. The predicted octanol–water partition coefficient (Wildman–Crippen LogP) is 0.599. The number of nitrogens with zero attached hydrogens (tertiary/aromatic N) is 3. The predicted molar refractivity (Wildman–Crippen MR) is 95.7 cm³/mol. The molecule has 148 valence electrons. The summed E-state index contributed by atoms with van der Waals surface area (Å²) in [5, 5.41) is 2.03. The zero-order chi connectivity index (χ0) is 20.6. The molecule has 4 amide bonds. The number of carbonyl (C=O) groups excluding carboxylic acids is 5. The zero-order valence-corrected chi connectivity index (χ0v) is 15.9. The lowest BCUT2D eigenvalue weighted by Crippen LogP contribution is -2.58. The Hall–Kier alpha value is -3.23. The Kier molecular flexibility index (Phi) is 5.17. The molecule has 2 aliphatic heterocycles. The highest BCUT2D eigenvalue weighted by atomic mass is 16.5. The summed E-state index contributed by atoms with van der Waals surface area (Å²) in [7, 11) is 1.38. The van der Waals surface area contributed by atoms with Crippen molar-refractivity contribution in [2.24, 2.45) is 0 Å². The number of rotatable bonds is 4. The highest BCUT2D eigenvalue weighted by molar-refractivity contribution is 6.23. The van der Waals surface area contributed by atoms with Crippen LogP contribution < -0.4 is 0 Å². The number of hydrazine groups is 1. The SMILES string of the molecule is CCOC(=O)C(C)N1C(=O)C(N2C(=O)c3ccccc3C2=O)CCC(=O)N1C. The van der Waals surface area contributed by atoms with Gasteiger partial charge < -0.3 is 4.74 Å². The lowest BCUT2D eigenvalue weighted by atomic mass is 10.1. The third-order valence-electron chi connectivity index (χ3n) is 4.96. The summed E-state index contributed by atoms with van der Waals surface area (Å²) in [6.07, 6.45) is -0.0636. The molecule has 28 heavy (non-hydrogen) atoms. The maximum atomic E-state index is 13.3. The lowest BCUT2D eigenvalue weighted by molar-refractivity contribution is -0.174. The van der Waals surface area contributed by atoms with E-state index >= 15 is 0 Å². The molecule has 0 spiro atoms. The van der Waals surface area contributed by atoms with Crippen molar-refractivity contribution < 1.29 is 28.7 Å². The minimum absolute atomic E-state index is 0.0144. The molecule has 1 saturated heterocycles. The molecule has 0 radical (unpaired) electrons. The number of carbonyl (C=O) groups is 5. The minimum Gasteiger partial charge on any atom is -0.464 e. The van der Waals surface area contributed by atoms with Crippen LogP contribution in [0.1, 0.15) is 47.4 Å². The van der Waals surface area contributed by atoms with Gasteiger partial charge in [-0.1, -0.05) is 12.1 Å². The van der Waals surface area contributed by atoms with Gasteiger partial charge in [0, 0.05) is 13.5 Å². The van der Waals surface area contributed by atoms with Gasteiger partial charge in [-0.05, 0) is 32.4 Å². The summed E-state index contributed by atoms with van der Waals surface area (Å²) in [6, 6.07) is 4.04. The van der Waals surface area contributed by atoms with Gasteiger partial charge in [0.15, 0.2) is 0 Å². The van der Waals surface area contributed by atoms with Crippen molar-refractivity contribution in [1.29, 1.82) is 0 Å². The minimum atomic E-state index is -1.18. The summed E-state index contributed by atoms with van der Waals surface area (Å²) in [5.41, 5.74) is 0.434. The average Bonchev–Trinajstić information content (AvgIpc) is 2.87. The average molecular weight is 387 g/mol. The molecule has 1 aromatic carbocycles. The summed E-state index contributed by atoms with van der Waals surface area (Å²) in [5.74, 6) is -2.93. The van der Waals surface area contributed by atoms with Gasteiger partial charge in [-0.3, -0.25) is 29.1 Å². The van der Waals surface area contributed by atoms with Crippen LogP contribution in [0.15, 0.2) is 24.3 Å². The van der Waals surface area contributed by atoms with E-state index in [2.05, 4.69) is 0 Å². The normalized spacial score (nSPS) is 21.0. The highest BCUT2D eigenvalue weighted by Gasteiger charge is 2.48. The Morgan fingerprint density at radius 2 is 1.71 bits per heavy atom. The Labute approximate surface area is 161 Å². The molecule has 2 unspecified atom stereocenters. The van der Waals surface area contributed by atoms with E-state index in [1.54, 1.807) is 19.1 Å². The van der Waals surface area contributed by atoms with Crippen LogP contribution in [0.2, 0.25) is 0 Å². The van der Waals surface area contributed by atoms with Crippen LogP contribution in [0, 0.1) is 0 Å². The Morgan fingerprint density at radius 1 is 1.14 bits per heavy atom. The Morgan fingerprint density at radius 3 is 2.25 bits per heavy atom. The number of imide groups is 1. The van der Waals surface area contributed by atoms with Crippen molar-refractivity contribution in [3.8, 4) is 0 Å². The van der Waals surface area contributed by atoms with Crippen molar-refractivity contribution in [2.75, 3.05) is 13.7 Å². The van der Waals surface area contributed by atoms with Crippen LogP contribution in [0.25, 0.3) is 0 Å². The molecule has 2 heterocycles. The molecule has 9 heteroatoms. The molecule has 0 aromatic heterocycles. The van der Waals surface area contributed by atoms with E-state index in [4.69, 9.17) is 4.74 Å². The molecule has 2 aliphatic rings. The fraction of sp³-hybridized carbons (Fsp3) is 0.421. The monoisotopic (exact) mass is 387 g/mol. The van der Waals surface area contributed by atoms with Crippen molar-refractivity contribution in [3.63, 3.8) is 0 Å². The first kappa shape index (κ1) is 19.5. The van der Waals surface area contributed by atoms with Crippen molar-refractivity contribution in [3.05, 3.63) is 35.4 Å². The lowest BCUT2D eigenvalue weighted by Gasteiger charge is -2.36. The van der Waals surface area contributed by atoms with Gasteiger partial charge in [0.2, 0.25) is 5.91 Å². The molecule has 1 aromatic rings. The van der Waals surface area contributed by atoms with Gasteiger partial charge in [-0.2, -0.15) is 0 Å². The quantitative estimate of drug-likeness (QED) is 0.553. The third kappa shape index (κ3) is 3.02. The number of esters is 1. The largest absolute Gasteiger partial charge is 0.464 e. The van der Waals surface area contributed by atoms with Crippen LogP contribution >= 0.6 is 0 Å². The summed E-state index contributed by atoms with van der Waals surface area (Å²) in [6.45, 7) is 3.18. The topological polar surface area (TPSA) is 104 Å². The second-order valence-corrected chi connectivity index (χ2v) is 6.61. The zero-order valence-electron chi connectivity index (χ0n) is 15.9. The molecule has 2 atom stereocenters. The Bertz CT molecular complexity index is 832. The van der Waals surface area contributed by atoms with Crippen LogP contribution in [0.3, 0.4) is 0 Å². The van der Waals surface area contributed by atoms with E-state index < -0.39 is 41.7 Å². The summed E-state index contributed by atoms with van der Waals surface area (Å²) >= 11 is 0. The second kappa shape index (κ2) is 7.41. The first-order chi connectivity index (χ1) is 13.3. The van der Waals surface area contributed by atoms with E-state index in [9.17, 15) is 24.0 Å². The Balaban J connectivity index is 1.97. The van der Waals surface area contributed by atoms with E-state index in [1.165, 1.54) is 26.1 Å². The number of benzene rings is 1. The maximum Gasteiger partial charge on any atom is 0.330 e. The first-order valence-corrected chi connectivity index (χ1v) is 9.02. The smallest absolute Gasteiger partial charge is 0.330 e. The fourth-order valence-corrected chi connectivity index (χ4v) is 3.51. The van der Waals surface area contributed by atoms with E-state index in [0.717, 1.165) is 14.9 Å². The van der Waals surface area contributed by atoms with Gasteiger partial charge in [0.05, 0.1) is 17.7 Å². The molecule has 0 N–H and O–H groups in total. The number of fused-ring (bicyclic) bond motifs is 1. The highest BCUT2D eigenvalue weighted by Crippen LogP contribution is 2.29. The number of hydrogen-bond acceptors (Lipinski definition) is 6. The fourth-order valence-electron chi connectivity index (χ4n) is 3.51. The van der Waals surface area contributed by atoms with Gasteiger partial charge in [0.1, 0.15) is 12.1 Å². The van der Waals surface area contributed by atoms with Crippen molar-refractivity contribution >= 4 is 29.6 Å². The molecule has 3 rings (SSSR count). The third-order valence-corrected chi connectivity index (χ3v) is 4.96. The van der Waals surface area contributed by atoms with Crippen molar-refractivity contribution in [1.82, 2.24) is 14.9 Å². The van der Waals surface area contributed by atoms with Gasteiger partial charge >= 0.3 is 5.97 Å². The van der Waals surface area contributed by atoms with Crippen LogP contribution in [-0.4, -0.2) is 70.3 Å². The van der Waals surface area contributed by atoms with E-state index in [0.29, 0.717) is 0 Å². The number of ether oxygens (including phenoxy) is 1. The standard InChI is InChI=1S/C19H21N3O6/c1-4-28-19(27)11(2)22-18(26)14(9-10-15(23)20(22)3)21-16(24)12-7-5-6-8-13(12)17(21)25/h5-8,11,14H,4,9-10H2,1-3H3. The molecule has 1 fully saturated rings. The molecular formula is C19H21N3O6. The van der Waals surface area contributed by atoms with Crippen LogP contribution in [0.5, 0.6) is 0 Å². The molecule has 0 aliphatic carbocycles. The van der Waals surface area contributed by atoms with Crippen LogP contribution in [0.4, 0.5) is 0 Å².